The maximum absolute atomic E-state index is 3.76. The van der Waals surface area contributed by atoms with Gasteiger partial charge < -0.3 is 9.80 Å². The highest BCUT2D eigenvalue weighted by molar-refractivity contribution is 5.47. The fourth-order valence-corrected chi connectivity index (χ4v) is 1.65. The van der Waals surface area contributed by atoms with E-state index in [1.54, 1.807) is 0 Å². The third-order valence-electron chi connectivity index (χ3n) is 3.07. The Morgan fingerprint density at radius 2 is 1.53 bits per heavy atom. The smallest absolute Gasteiger partial charge is 0.0231 e. The van der Waals surface area contributed by atoms with Crippen LogP contribution in [-0.4, -0.2) is 43.5 Å². The number of benzene rings is 1. The van der Waals surface area contributed by atoms with Crippen LogP contribution in [0.25, 0.3) is 6.08 Å². The molecular weight excluding hydrogens is 232 g/mol. The van der Waals surface area contributed by atoms with Gasteiger partial charge in [0.1, 0.15) is 0 Å². The van der Waals surface area contributed by atoms with Crippen molar-refractivity contribution in [1.29, 1.82) is 0 Å². The maximum Gasteiger partial charge on any atom is 0.0231 e. The van der Waals surface area contributed by atoms with Crippen LogP contribution in [-0.2, 0) is 6.54 Å². The van der Waals surface area contributed by atoms with E-state index in [4.69, 9.17) is 0 Å². The highest BCUT2D eigenvalue weighted by atomic mass is 15.2. The molecule has 2 nitrogen and oxygen atoms in total. The van der Waals surface area contributed by atoms with Gasteiger partial charge in [-0.25, -0.2) is 0 Å². The molecule has 0 aliphatic rings. The predicted octanol–water partition coefficient (Wildman–Crippen LogP) is 3.74. The molecular formula is C17H30N2. The third-order valence-corrected chi connectivity index (χ3v) is 3.07. The lowest BCUT2D eigenvalue weighted by Gasteiger charge is -2.21. The van der Waals surface area contributed by atoms with Gasteiger partial charge in [0, 0.05) is 19.6 Å². The molecule has 2 heteroatoms. The minimum Gasteiger partial charge on any atom is -0.305 e. The van der Waals surface area contributed by atoms with Crippen molar-refractivity contribution in [1.82, 2.24) is 9.80 Å². The van der Waals surface area contributed by atoms with Crippen molar-refractivity contribution in [2.75, 3.05) is 33.7 Å². The first-order valence-electron chi connectivity index (χ1n) is 7.24. The topological polar surface area (TPSA) is 6.48 Å². The van der Waals surface area contributed by atoms with Crippen molar-refractivity contribution in [2.24, 2.45) is 0 Å². The molecule has 0 aliphatic carbocycles. The number of hydrogen-bond acceptors (Lipinski definition) is 2. The van der Waals surface area contributed by atoms with Gasteiger partial charge in [0.05, 0.1) is 0 Å². The van der Waals surface area contributed by atoms with Crippen molar-refractivity contribution in [3.05, 3.63) is 42.0 Å². The maximum atomic E-state index is 3.76. The lowest BCUT2D eigenvalue weighted by atomic mass is 10.1. The van der Waals surface area contributed by atoms with Crippen LogP contribution in [0.1, 0.15) is 31.9 Å². The summed E-state index contributed by atoms with van der Waals surface area (Å²) in [6, 6.07) is 8.59. The summed E-state index contributed by atoms with van der Waals surface area (Å²) in [4.78, 5) is 4.69. The van der Waals surface area contributed by atoms with Crippen molar-refractivity contribution >= 4 is 6.08 Å². The van der Waals surface area contributed by atoms with E-state index in [0.717, 1.165) is 26.2 Å². The molecule has 0 unspecified atom stereocenters. The average Bonchev–Trinajstić information content (AvgIpc) is 2.47. The van der Waals surface area contributed by atoms with E-state index in [1.165, 1.54) is 11.1 Å². The summed E-state index contributed by atoms with van der Waals surface area (Å²) in [5.41, 5.74) is 2.54. The number of likely N-dealkylation sites (N-methyl/N-ethyl adjacent to an activating group) is 2. The van der Waals surface area contributed by atoms with Crippen LogP contribution in [0.3, 0.4) is 0 Å². The first kappa shape index (κ1) is 17.9. The zero-order valence-electron chi connectivity index (χ0n) is 13.3. The molecule has 1 aromatic rings. The van der Waals surface area contributed by atoms with Crippen molar-refractivity contribution in [3.8, 4) is 0 Å². The van der Waals surface area contributed by atoms with Gasteiger partial charge in [0.2, 0.25) is 0 Å². The molecule has 1 rings (SSSR count). The second kappa shape index (κ2) is 10.8. The van der Waals surface area contributed by atoms with Crippen LogP contribution in [0.4, 0.5) is 0 Å². The summed E-state index contributed by atoms with van der Waals surface area (Å²) in [6.07, 6.45) is 1.88. The zero-order valence-corrected chi connectivity index (χ0v) is 13.3. The molecule has 0 amide bonds. The van der Waals surface area contributed by atoms with E-state index in [1.807, 2.05) is 19.9 Å². The molecule has 0 heterocycles. The Balaban J connectivity index is 0.00000154. The number of hydrogen-bond donors (Lipinski definition) is 0. The van der Waals surface area contributed by atoms with E-state index < -0.39 is 0 Å². The molecule has 0 fully saturated rings. The standard InChI is InChI=1S/C15H24N2.C2H6/c1-5-14-7-9-15(10-8-14)13-17(4)12-11-16(3)6-2;1-2/h5,7-10H,1,6,11-13H2,2-4H3;1-2H3. The van der Waals surface area contributed by atoms with Crippen molar-refractivity contribution < 1.29 is 0 Å². The zero-order chi connectivity index (χ0) is 14.7. The van der Waals surface area contributed by atoms with E-state index in [2.05, 4.69) is 61.7 Å². The molecule has 108 valence electrons. The minimum absolute atomic E-state index is 1.01. The van der Waals surface area contributed by atoms with E-state index >= 15 is 0 Å². The lowest BCUT2D eigenvalue weighted by Crippen LogP contribution is -2.30. The molecule has 0 atom stereocenters. The van der Waals surface area contributed by atoms with Crippen LogP contribution in [0.5, 0.6) is 0 Å². The Labute approximate surface area is 119 Å². The molecule has 0 aliphatic heterocycles. The summed E-state index contributed by atoms with van der Waals surface area (Å²) >= 11 is 0. The summed E-state index contributed by atoms with van der Waals surface area (Å²) in [5, 5.41) is 0. The van der Waals surface area contributed by atoms with Gasteiger partial charge in [-0.05, 0) is 31.8 Å². The first-order valence-corrected chi connectivity index (χ1v) is 7.24. The van der Waals surface area contributed by atoms with Crippen molar-refractivity contribution in [3.63, 3.8) is 0 Å². The largest absolute Gasteiger partial charge is 0.305 e. The van der Waals surface area contributed by atoms with E-state index in [0.29, 0.717) is 0 Å². The number of nitrogens with zero attached hydrogens (tertiary/aromatic N) is 2. The van der Waals surface area contributed by atoms with Crippen LogP contribution in [0.15, 0.2) is 30.8 Å². The predicted molar refractivity (Wildman–Crippen MR) is 87.4 cm³/mol. The molecule has 0 spiro atoms. The number of rotatable bonds is 7. The molecule has 0 bridgehead atoms. The fourth-order valence-electron chi connectivity index (χ4n) is 1.65. The highest BCUT2D eigenvalue weighted by Crippen LogP contribution is 2.07. The molecule has 19 heavy (non-hydrogen) atoms. The monoisotopic (exact) mass is 262 g/mol. The quantitative estimate of drug-likeness (QED) is 0.738. The van der Waals surface area contributed by atoms with Gasteiger partial charge in [-0.1, -0.05) is 57.7 Å². The molecule has 0 radical (unpaired) electrons. The molecule has 0 saturated carbocycles. The van der Waals surface area contributed by atoms with Gasteiger partial charge in [-0.3, -0.25) is 0 Å². The van der Waals surface area contributed by atoms with E-state index in [9.17, 15) is 0 Å². The van der Waals surface area contributed by atoms with Gasteiger partial charge in [0.15, 0.2) is 0 Å². The average molecular weight is 262 g/mol. The van der Waals surface area contributed by atoms with Crippen LogP contribution >= 0.6 is 0 Å². The molecule has 0 N–H and O–H groups in total. The Morgan fingerprint density at radius 3 is 2.00 bits per heavy atom. The van der Waals surface area contributed by atoms with Gasteiger partial charge >= 0.3 is 0 Å². The summed E-state index contributed by atoms with van der Waals surface area (Å²) in [5.74, 6) is 0. The SMILES string of the molecule is C=Cc1ccc(CN(C)CCN(C)CC)cc1.CC. The summed E-state index contributed by atoms with van der Waals surface area (Å²) in [7, 11) is 4.33. The first-order chi connectivity index (χ1) is 9.15. The third kappa shape index (κ3) is 7.81. The van der Waals surface area contributed by atoms with E-state index in [-0.39, 0.29) is 0 Å². The second-order valence-corrected chi connectivity index (χ2v) is 4.58. The van der Waals surface area contributed by atoms with Gasteiger partial charge in [-0.15, -0.1) is 0 Å². The fraction of sp³-hybridized carbons (Fsp3) is 0.529. The Hall–Kier alpha value is -1.12. The molecule has 1 aromatic carbocycles. The summed E-state index contributed by atoms with van der Waals surface area (Å²) < 4.78 is 0. The normalized spacial score (nSPS) is 10.3. The Bertz CT molecular complexity index is 330. The van der Waals surface area contributed by atoms with Gasteiger partial charge in [-0.2, -0.15) is 0 Å². The second-order valence-electron chi connectivity index (χ2n) is 4.58. The van der Waals surface area contributed by atoms with Crippen LogP contribution < -0.4 is 0 Å². The Morgan fingerprint density at radius 1 is 1.00 bits per heavy atom. The lowest BCUT2D eigenvalue weighted by molar-refractivity contribution is 0.258. The highest BCUT2D eigenvalue weighted by Gasteiger charge is 2.01. The van der Waals surface area contributed by atoms with Gasteiger partial charge in [0.25, 0.3) is 0 Å². The Kier molecular flexibility index (Phi) is 10.1. The molecule has 0 saturated heterocycles. The molecule has 0 aromatic heterocycles. The van der Waals surface area contributed by atoms with Crippen LogP contribution in [0.2, 0.25) is 0 Å². The van der Waals surface area contributed by atoms with Crippen molar-refractivity contribution in [2.45, 2.75) is 27.3 Å². The summed E-state index contributed by atoms with van der Waals surface area (Å²) in [6.45, 7) is 14.3. The van der Waals surface area contributed by atoms with Crippen LogP contribution in [0, 0.1) is 0 Å². The minimum atomic E-state index is 1.01.